The lowest BCUT2D eigenvalue weighted by Gasteiger charge is -2.52. The first-order valence-electron chi connectivity index (χ1n) is 15.4. The Morgan fingerprint density at radius 2 is 1.78 bits per heavy atom. The maximum atomic E-state index is 13.9. The van der Waals surface area contributed by atoms with Crippen molar-refractivity contribution >= 4 is 39.5 Å². The fraction of sp³-hybridized carbons (Fsp3) is 0.364. The molecule has 3 heterocycles. The van der Waals surface area contributed by atoms with Gasteiger partial charge in [0.1, 0.15) is 12.3 Å². The van der Waals surface area contributed by atoms with E-state index in [1.165, 1.54) is 25.0 Å². The smallest absolute Gasteiger partial charge is 0.491 e. The van der Waals surface area contributed by atoms with E-state index in [0.717, 1.165) is 13.2 Å². The molecule has 18 heteroatoms. The number of carbonyl (C=O) groups is 3. The van der Waals surface area contributed by atoms with E-state index in [1.54, 1.807) is 42.5 Å². The SMILES string of the molecule is COC(=O)CC[C@@H]1N(C(=O)OCc2ccccc2)CC[C@]23c4cccc(OC(C)=O)c4N[C@]12Oc1c3cc(OS(=O)(=O)C(F)(F)F)c(N)c1OC. The molecule has 3 aromatic rings. The number of hydrogen-bond acceptors (Lipinski definition) is 13. The van der Waals surface area contributed by atoms with Crippen LogP contribution in [0, 0.1) is 0 Å². The van der Waals surface area contributed by atoms with Crippen molar-refractivity contribution in [2.45, 2.75) is 55.5 Å². The maximum Gasteiger partial charge on any atom is 0.534 e. The topological polar surface area (TPSA) is 182 Å². The van der Waals surface area contributed by atoms with Gasteiger partial charge in [0.25, 0.3) is 0 Å². The van der Waals surface area contributed by atoms with E-state index >= 15 is 0 Å². The van der Waals surface area contributed by atoms with Crippen molar-refractivity contribution in [2.24, 2.45) is 0 Å². The number of benzene rings is 3. The number of carbonyl (C=O) groups excluding carboxylic acids is 3. The van der Waals surface area contributed by atoms with Crippen LogP contribution in [-0.2, 0) is 41.2 Å². The van der Waals surface area contributed by atoms with Gasteiger partial charge in [-0.15, -0.1) is 0 Å². The molecule has 3 aliphatic heterocycles. The Morgan fingerprint density at radius 3 is 2.43 bits per heavy atom. The van der Waals surface area contributed by atoms with Gasteiger partial charge >= 0.3 is 33.7 Å². The molecule has 6 rings (SSSR count). The van der Waals surface area contributed by atoms with Gasteiger partial charge < -0.3 is 38.9 Å². The Bertz CT molecular complexity index is 2010. The first-order chi connectivity index (χ1) is 24.1. The number of amides is 1. The number of nitrogen functional groups attached to an aromatic ring is 1. The molecular formula is C33H32F3N3O11S. The number of rotatable bonds is 9. The summed E-state index contributed by atoms with van der Waals surface area (Å²) in [5.74, 6) is -2.57. The number of halogens is 3. The molecule has 51 heavy (non-hydrogen) atoms. The number of esters is 2. The van der Waals surface area contributed by atoms with Crippen molar-refractivity contribution in [1.29, 1.82) is 0 Å². The Morgan fingerprint density at radius 1 is 1.06 bits per heavy atom. The number of methoxy groups -OCH3 is 2. The Kier molecular flexibility index (Phi) is 8.85. The number of anilines is 2. The highest BCUT2D eigenvalue weighted by Gasteiger charge is 2.73. The van der Waals surface area contributed by atoms with Crippen LogP contribution in [0.2, 0.25) is 0 Å². The molecule has 3 aromatic carbocycles. The third-order valence-electron chi connectivity index (χ3n) is 9.19. The minimum Gasteiger partial charge on any atom is -0.491 e. The zero-order valence-electron chi connectivity index (χ0n) is 27.4. The Labute approximate surface area is 289 Å². The van der Waals surface area contributed by atoms with Crippen LogP contribution in [0.25, 0.3) is 0 Å². The molecule has 0 saturated carbocycles. The van der Waals surface area contributed by atoms with Crippen LogP contribution in [0.15, 0.2) is 54.6 Å². The largest absolute Gasteiger partial charge is 0.534 e. The molecule has 1 amide bonds. The molecule has 3 atom stereocenters. The van der Waals surface area contributed by atoms with Gasteiger partial charge in [0, 0.05) is 25.5 Å². The predicted octanol–water partition coefficient (Wildman–Crippen LogP) is 4.60. The van der Waals surface area contributed by atoms with Gasteiger partial charge in [0.2, 0.25) is 5.72 Å². The zero-order valence-corrected chi connectivity index (χ0v) is 28.2. The number of ether oxygens (including phenoxy) is 5. The normalized spacial score (nSPS) is 21.5. The summed E-state index contributed by atoms with van der Waals surface area (Å²) in [6.07, 6.45) is -1.12. The van der Waals surface area contributed by atoms with Crippen molar-refractivity contribution in [1.82, 2.24) is 4.90 Å². The second-order valence-electron chi connectivity index (χ2n) is 11.9. The summed E-state index contributed by atoms with van der Waals surface area (Å²) >= 11 is 0. The quantitative estimate of drug-likeness (QED) is 0.102. The van der Waals surface area contributed by atoms with Gasteiger partial charge in [-0.2, -0.15) is 21.6 Å². The average Bonchev–Trinajstić information content (AvgIpc) is 3.54. The Balaban J connectivity index is 1.56. The lowest BCUT2D eigenvalue weighted by molar-refractivity contribution is -0.142. The second kappa shape index (κ2) is 12.7. The third kappa shape index (κ3) is 5.66. The van der Waals surface area contributed by atoms with E-state index in [-0.39, 0.29) is 60.9 Å². The summed E-state index contributed by atoms with van der Waals surface area (Å²) < 4.78 is 97.8. The number of alkyl halides is 3. The molecule has 1 fully saturated rings. The van der Waals surface area contributed by atoms with Crippen molar-refractivity contribution in [3.8, 4) is 23.0 Å². The molecule has 272 valence electrons. The summed E-state index contributed by atoms with van der Waals surface area (Å²) in [5, 5.41) is 3.30. The van der Waals surface area contributed by atoms with E-state index in [0.29, 0.717) is 11.1 Å². The number of nitrogens with two attached hydrogens (primary N) is 1. The predicted molar refractivity (Wildman–Crippen MR) is 172 cm³/mol. The highest BCUT2D eigenvalue weighted by atomic mass is 32.2. The van der Waals surface area contributed by atoms with Crippen LogP contribution < -0.4 is 29.4 Å². The first kappa shape index (κ1) is 35.4. The van der Waals surface area contributed by atoms with Crippen LogP contribution in [-0.4, -0.2) is 69.4 Å². The van der Waals surface area contributed by atoms with E-state index in [1.807, 2.05) is 0 Å². The maximum absolute atomic E-state index is 13.9. The second-order valence-corrected chi connectivity index (χ2v) is 13.5. The van der Waals surface area contributed by atoms with Crippen molar-refractivity contribution < 1.29 is 63.8 Å². The van der Waals surface area contributed by atoms with Gasteiger partial charge in [-0.3, -0.25) is 14.5 Å². The molecule has 0 aliphatic carbocycles. The van der Waals surface area contributed by atoms with Gasteiger partial charge in [0.05, 0.1) is 31.4 Å². The fourth-order valence-electron chi connectivity index (χ4n) is 7.14. The van der Waals surface area contributed by atoms with Gasteiger partial charge in [-0.25, -0.2) is 4.79 Å². The monoisotopic (exact) mass is 735 g/mol. The molecule has 0 bridgehead atoms. The molecule has 3 aliphatic rings. The van der Waals surface area contributed by atoms with Crippen molar-refractivity contribution in [3.05, 3.63) is 71.3 Å². The van der Waals surface area contributed by atoms with Crippen LogP contribution >= 0.6 is 0 Å². The summed E-state index contributed by atoms with van der Waals surface area (Å²) in [4.78, 5) is 40.0. The molecule has 14 nitrogen and oxygen atoms in total. The van der Waals surface area contributed by atoms with Crippen molar-refractivity contribution in [2.75, 3.05) is 31.8 Å². The van der Waals surface area contributed by atoms with Gasteiger partial charge in [-0.05, 0) is 36.1 Å². The van der Waals surface area contributed by atoms with Gasteiger partial charge in [0.15, 0.2) is 23.0 Å². The van der Waals surface area contributed by atoms with E-state index < -0.39 is 62.3 Å². The van der Waals surface area contributed by atoms with Crippen LogP contribution in [0.4, 0.5) is 29.3 Å². The van der Waals surface area contributed by atoms with E-state index in [9.17, 15) is 36.0 Å². The minimum absolute atomic E-state index is 0.0166. The first-order valence-corrected chi connectivity index (χ1v) is 16.9. The molecule has 1 saturated heterocycles. The summed E-state index contributed by atoms with van der Waals surface area (Å²) in [5.41, 5.74) is -2.10. The third-order valence-corrected chi connectivity index (χ3v) is 10.2. The standard InChI is InChI=1S/C33H32F3N3O11S/c1-18(40)48-22-11-7-10-20-27(22)38-32-24(12-13-25(41)45-2)39(30(42)47-17-19-8-5-4-6-9-19)15-14-31(20,32)21-16-23(50-51(43,44)33(34,35)36)26(37)29(46-3)28(21)49-32/h4-11,16,24,38H,12-15,17,37H2,1-3H3/t24-,31+,32-/m0/s1. The van der Waals surface area contributed by atoms with E-state index in [4.69, 9.17) is 29.4 Å². The number of fused-ring (bicyclic) bond motifs is 2. The number of para-hydroxylation sites is 1. The summed E-state index contributed by atoms with van der Waals surface area (Å²) in [6, 6.07) is 13.5. The van der Waals surface area contributed by atoms with Crippen LogP contribution in [0.1, 0.15) is 42.9 Å². The van der Waals surface area contributed by atoms with Gasteiger partial charge in [-0.1, -0.05) is 42.5 Å². The molecule has 0 aromatic heterocycles. The Hall–Kier alpha value is -5.39. The number of piperidine rings is 1. The molecule has 0 spiro atoms. The fourth-order valence-corrected chi connectivity index (χ4v) is 7.61. The molecule has 0 unspecified atom stereocenters. The number of nitrogens with zero attached hydrogens (tertiary/aromatic N) is 1. The van der Waals surface area contributed by atoms with Crippen LogP contribution in [0.5, 0.6) is 23.0 Å². The zero-order chi connectivity index (χ0) is 36.9. The average molecular weight is 736 g/mol. The lowest BCUT2D eigenvalue weighted by Crippen LogP contribution is -2.71. The van der Waals surface area contributed by atoms with Crippen molar-refractivity contribution in [3.63, 3.8) is 0 Å². The number of likely N-dealkylation sites (tertiary alicyclic amines) is 1. The summed E-state index contributed by atoms with van der Waals surface area (Å²) in [6.45, 7) is 1.03. The van der Waals surface area contributed by atoms with Crippen LogP contribution in [0.3, 0.4) is 0 Å². The highest BCUT2D eigenvalue weighted by molar-refractivity contribution is 7.88. The lowest BCUT2D eigenvalue weighted by atomic mass is 9.63. The minimum atomic E-state index is -6.20. The molecule has 3 N–H and O–H groups in total. The summed E-state index contributed by atoms with van der Waals surface area (Å²) in [7, 11) is -3.86. The molecular weight excluding hydrogens is 703 g/mol. The number of hydrogen-bond donors (Lipinski definition) is 2. The number of nitrogens with one attached hydrogen (secondary N) is 1. The van der Waals surface area contributed by atoms with E-state index in [2.05, 4.69) is 9.50 Å². The molecule has 0 radical (unpaired) electrons. The highest BCUT2D eigenvalue weighted by Crippen LogP contribution is 2.68.